The van der Waals surface area contributed by atoms with Gasteiger partial charge >= 0.3 is 6.18 Å². The van der Waals surface area contributed by atoms with Crippen molar-refractivity contribution >= 4 is 18.5 Å². The van der Waals surface area contributed by atoms with Crippen molar-refractivity contribution in [2.75, 3.05) is 5.75 Å². The summed E-state index contributed by atoms with van der Waals surface area (Å²) in [7, 11) is 1.34. The second kappa shape index (κ2) is 5.39. The molecule has 0 saturated heterocycles. The summed E-state index contributed by atoms with van der Waals surface area (Å²) in [6, 6.07) is 0. The Morgan fingerprint density at radius 1 is 1.53 bits per heavy atom. The van der Waals surface area contributed by atoms with E-state index >= 15 is 0 Å². The second-order valence-electron chi connectivity index (χ2n) is 3.22. The number of aryl methyl sites for hydroxylation is 1. The molecule has 1 aromatic rings. The molecule has 5 nitrogen and oxygen atoms in total. The van der Waals surface area contributed by atoms with Crippen molar-refractivity contribution in [3.05, 3.63) is 11.6 Å². The van der Waals surface area contributed by atoms with Crippen molar-refractivity contribution in [2.24, 2.45) is 7.05 Å². The summed E-state index contributed by atoms with van der Waals surface area (Å²) in [6.07, 6.45) is -4.38. The summed E-state index contributed by atoms with van der Waals surface area (Å²) >= 11 is 3.86. The summed E-state index contributed by atoms with van der Waals surface area (Å²) in [5.41, 5.74) is 0. The number of thiol groups is 1. The van der Waals surface area contributed by atoms with Gasteiger partial charge in [-0.15, -0.1) is 5.10 Å². The first-order valence-electron chi connectivity index (χ1n) is 4.69. The van der Waals surface area contributed by atoms with Gasteiger partial charge in [-0.3, -0.25) is 9.48 Å². The first kappa shape index (κ1) is 13.8. The van der Waals surface area contributed by atoms with Crippen molar-refractivity contribution < 1.29 is 18.0 Å². The van der Waals surface area contributed by atoms with Crippen molar-refractivity contribution in [1.82, 2.24) is 20.1 Å². The van der Waals surface area contributed by atoms with Gasteiger partial charge in [-0.1, -0.05) is 0 Å². The smallest absolute Gasteiger partial charge is 0.349 e. The van der Waals surface area contributed by atoms with Gasteiger partial charge < -0.3 is 5.32 Å². The van der Waals surface area contributed by atoms with Gasteiger partial charge in [0.15, 0.2) is 0 Å². The molecule has 1 aromatic heterocycles. The van der Waals surface area contributed by atoms with Crippen LogP contribution in [0.15, 0.2) is 0 Å². The number of rotatable bonds is 4. The minimum absolute atomic E-state index is 0.0461. The molecule has 0 saturated carbocycles. The molecule has 0 atom stereocenters. The molecule has 9 heteroatoms. The van der Waals surface area contributed by atoms with Crippen molar-refractivity contribution in [3.8, 4) is 0 Å². The van der Waals surface area contributed by atoms with Crippen molar-refractivity contribution in [1.29, 1.82) is 0 Å². The van der Waals surface area contributed by atoms with Gasteiger partial charge in [-0.2, -0.15) is 25.8 Å². The van der Waals surface area contributed by atoms with Gasteiger partial charge in [0.1, 0.15) is 5.82 Å². The zero-order chi connectivity index (χ0) is 13.1. The number of hydrogen-bond donors (Lipinski definition) is 2. The molecule has 0 aromatic carbocycles. The van der Waals surface area contributed by atoms with Crippen LogP contribution in [0.3, 0.4) is 0 Å². The molecular formula is C8H11F3N4OS. The van der Waals surface area contributed by atoms with Crippen LogP contribution in [-0.2, 0) is 24.6 Å². The molecule has 0 aliphatic heterocycles. The van der Waals surface area contributed by atoms with Gasteiger partial charge in [0.2, 0.25) is 5.91 Å². The quantitative estimate of drug-likeness (QED) is 0.793. The van der Waals surface area contributed by atoms with Crippen LogP contribution in [0.4, 0.5) is 13.2 Å². The van der Waals surface area contributed by atoms with E-state index < -0.39 is 12.0 Å². The summed E-state index contributed by atoms with van der Waals surface area (Å²) < 4.78 is 37.8. The Labute approximate surface area is 101 Å². The first-order chi connectivity index (χ1) is 7.84. The van der Waals surface area contributed by atoms with Gasteiger partial charge in [-0.25, -0.2) is 4.98 Å². The Balaban J connectivity index is 2.66. The molecular weight excluding hydrogens is 257 g/mol. The number of amides is 1. The number of hydrogen-bond acceptors (Lipinski definition) is 4. The molecule has 0 spiro atoms. The highest BCUT2D eigenvalue weighted by molar-refractivity contribution is 7.80. The fraction of sp³-hybridized carbons (Fsp3) is 0.625. The number of aromatic nitrogens is 3. The van der Waals surface area contributed by atoms with Gasteiger partial charge in [0.25, 0.3) is 5.82 Å². The molecule has 17 heavy (non-hydrogen) atoms. The number of nitrogens with one attached hydrogen (secondary N) is 1. The zero-order valence-electron chi connectivity index (χ0n) is 8.95. The lowest BCUT2D eigenvalue weighted by Crippen LogP contribution is -2.24. The van der Waals surface area contributed by atoms with E-state index in [1.54, 1.807) is 0 Å². The molecule has 0 aliphatic rings. The van der Waals surface area contributed by atoms with E-state index in [1.165, 1.54) is 7.05 Å². The molecule has 1 amide bonds. The minimum Gasteiger partial charge on any atom is -0.349 e. The van der Waals surface area contributed by atoms with Gasteiger partial charge in [0.05, 0.1) is 6.54 Å². The Morgan fingerprint density at radius 2 is 2.18 bits per heavy atom. The Morgan fingerprint density at radius 3 is 2.65 bits per heavy atom. The van der Waals surface area contributed by atoms with Crippen LogP contribution in [0.1, 0.15) is 18.1 Å². The molecule has 0 unspecified atom stereocenters. The lowest BCUT2D eigenvalue weighted by atomic mass is 10.4. The molecule has 0 fully saturated rings. The van der Waals surface area contributed by atoms with E-state index in [-0.39, 0.29) is 24.7 Å². The molecule has 0 aliphatic carbocycles. The molecule has 0 radical (unpaired) electrons. The maximum absolute atomic E-state index is 12.3. The van der Waals surface area contributed by atoms with E-state index in [1.807, 2.05) is 0 Å². The Kier molecular flexibility index (Phi) is 4.38. The second-order valence-corrected chi connectivity index (χ2v) is 3.67. The van der Waals surface area contributed by atoms with Crippen LogP contribution in [0, 0.1) is 0 Å². The fourth-order valence-electron chi connectivity index (χ4n) is 1.06. The van der Waals surface area contributed by atoms with Crippen LogP contribution >= 0.6 is 12.6 Å². The Hall–Kier alpha value is -1.25. The highest BCUT2D eigenvalue weighted by Gasteiger charge is 2.36. The third kappa shape index (κ3) is 3.91. The highest BCUT2D eigenvalue weighted by Crippen LogP contribution is 2.25. The monoisotopic (exact) mass is 268 g/mol. The average molecular weight is 268 g/mol. The summed E-state index contributed by atoms with van der Waals surface area (Å²) in [4.78, 5) is 14.4. The zero-order valence-corrected chi connectivity index (χ0v) is 9.85. The maximum Gasteiger partial charge on any atom is 0.453 e. The standard InChI is InChI=1S/C8H11F3N4OS/c1-15-5(4-12-6(16)2-3-17)13-7(14-15)8(9,10)11/h17H,2-4H2,1H3,(H,12,16). The predicted octanol–water partition coefficient (Wildman–Crippen LogP) is 0.770. The largest absolute Gasteiger partial charge is 0.453 e. The summed E-state index contributed by atoms with van der Waals surface area (Å²) in [6.45, 7) is -0.0911. The van der Waals surface area contributed by atoms with Crippen LogP contribution in [0.5, 0.6) is 0 Å². The van der Waals surface area contributed by atoms with Crippen molar-refractivity contribution in [2.45, 2.75) is 19.1 Å². The predicted molar refractivity (Wildman–Crippen MR) is 56.3 cm³/mol. The van der Waals surface area contributed by atoms with Crippen molar-refractivity contribution in [3.63, 3.8) is 0 Å². The molecule has 1 N–H and O–H groups in total. The highest BCUT2D eigenvalue weighted by atomic mass is 32.1. The van der Waals surface area contributed by atoms with Crippen LogP contribution in [-0.4, -0.2) is 26.4 Å². The molecule has 1 rings (SSSR count). The number of carbonyl (C=O) groups excluding carboxylic acids is 1. The van der Waals surface area contributed by atoms with E-state index in [2.05, 4.69) is 28.0 Å². The SMILES string of the molecule is Cn1nc(C(F)(F)F)nc1CNC(=O)CCS. The fourth-order valence-corrected chi connectivity index (χ4v) is 1.26. The van der Waals surface area contributed by atoms with E-state index in [0.717, 1.165) is 4.68 Å². The maximum atomic E-state index is 12.3. The van der Waals surface area contributed by atoms with E-state index in [4.69, 9.17) is 0 Å². The summed E-state index contributed by atoms with van der Waals surface area (Å²) in [5, 5.41) is 5.65. The third-order valence-electron chi connectivity index (χ3n) is 1.89. The topological polar surface area (TPSA) is 59.8 Å². The normalized spacial score (nSPS) is 11.6. The van der Waals surface area contributed by atoms with Gasteiger partial charge in [0, 0.05) is 13.5 Å². The average Bonchev–Trinajstić information content (AvgIpc) is 2.57. The molecule has 0 bridgehead atoms. The van der Waals surface area contributed by atoms with E-state index in [9.17, 15) is 18.0 Å². The molecule has 96 valence electrons. The number of carbonyl (C=O) groups is 1. The number of halogens is 3. The van der Waals surface area contributed by atoms with Gasteiger partial charge in [-0.05, 0) is 5.75 Å². The lowest BCUT2D eigenvalue weighted by Gasteiger charge is -2.02. The minimum atomic E-state index is -4.58. The van der Waals surface area contributed by atoms with E-state index in [0.29, 0.717) is 5.75 Å². The summed E-state index contributed by atoms with van der Waals surface area (Å²) in [5.74, 6) is -1.09. The van der Waals surface area contributed by atoms with Crippen LogP contribution in [0.25, 0.3) is 0 Å². The molecule has 1 heterocycles. The Bertz CT molecular complexity index is 404. The number of alkyl halides is 3. The number of nitrogens with zero attached hydrogens (tertiary/aromatic N) is 3. The lowest BCUT2D eigenvalue weighted by molar-refractivity contribution is -0.145. The first-order valence-corrected chi connectivity index (χ1v) is 5.32. The van der Waals surface area contributed by atoms with Crippen LogP contribution in [0.2, 0.25) is 0 Å². The third-order valence-corrected chi connectivity index (χ3v) is 2.11. The van der Waals surface area contributed by atoms with Crippen LogP contribution < -0.4 is 5.32 Å².